The molecule has 120 valence electrons. The largest absolute Gasteiger partial charge is 0.347 e. The van der Waals surface area contributed by atoms with Crippen LogP contribution < -0.4 is 0 Å². The lowest BCUT2D eigenvalue weighted by Crippen LogP contribution is -2.48. The number of benzene rings is 1. The summed E-state index contributed by atoms with van der Waals surface area (Å²) >= 11 is 6.00. The molecule has 0 N–H and O–H groups in total. The van der Waals surface area contributed by atoms with Gasteiger partial charge in [-0.1, -0.05) is 17.7 Å². The second-order valence-corrected chi connectivity index (χ2v) is 6.31. The van der Waals surface area contributed by atoms with E-state index in [1.165, 1.54) is 18.2 Å². The van der Waals surface area contributed by atoms with Crippen molar-refractivity contribution in [3.05, 3.63) is 34.6 Å². The molecule has 1 atom stereocenters. The van der Waals surface area contributed by atoms with Gasteiger partial charge in [-0.15, -0.1) is 0 Å². The number of hydrogen-bond donors (Lipinski definition) is 0. The van der Waals surface area contributed by atoms with Crippen molar-refractivity contribution in [2.24, 2.45) is 5.92 Å². The van der Waals surface area contributed by atoms with Crippen LogP contribution >= 0.6 is 11.6 Å². The van der Waals surface area contributed by atoms with E-state index in [1.807, 2.05) is 6.92 Å². The molecular weight excluding hydrogens is 309 g/mol. The maximum atomic E-state index is 13.9. The zero-order valence-electron chi connectivity index (χ0n) is 12.5. The predicted molar refractivity (Wildman–Crippen MR) is 80.3 cm³/mol. The summed E-state index contributed by atoms with van der Waals surface area (Å²) in [5, 5.41) is 0.145. The monoisotopic (exact) mass is 327 g/mol. The zero-order chi connectivity index (χ0) is 15.7. The minimum atomic E-state index is -0.655. The summed E-state index contributed by atoms with van der Waals surface area (Å²) in [5.74, 6) is -1.52. The van der Waals surface area contributed by atoms with Crippen molar-refractivity contribution in [1.82, 2.24) is 4.90 Å². The Morgan fingerprint density at radius 1 is 1.41 bits per heavy atom. The van der Waals surface area contributed by atoms with Crippen LogP contribution in [-0.2, 0) is 9.47 Å². The zero-order valence-corrected chi connectivity index (χ0v) is 13.2. The Labute approximate surface area is 134 Å². The fourth-order valence-electron chi connectivity index (χ4n) is 3.22. The van der Waals surface area contributed by atoms with Crippen LogP contribution in [0.4, 0.5) is 4.39 Å². The van der Waals surface area contributed by atoms with E-state index in [1.54, 1.807) is 4.90 Å². The molecule has 4 nitrogen and oxygen atoms in total. The summed E-state index contributed by atoms with van der Waals surface area (Å²) in [6, 6.07) is 4.28. The van der Waals surface area contributed by atoms with Crippen molar-refractivity contribution in [2.45, 2.75) is 25.6 Å². The smallest absolute Gasteiger partial charge is 0.258 e. The molecule has 1 aromatic rings. The van der Waals surface area contributed by atoms with Gasteiger partial charge >= 0.3 is 0 Å². The average molecular weight is 328 g/mol. The van der Waals surface area contributed by atoms with Gasteiger partial charge in [0.2, 0.25) is 0 Å². The van der Waals surface area contributed by atoms with E-state index in [9.17, 15) is 9.18 Å². The molecule has 0 saturated carbocycles. The maximum absolute atomic E-state index is 13.9. The van der Waals surface area contributed by atoms with Crippen molar-refractivity contribution in [1.29, 1.82) is 0 Å². The summed E-state index contributed by atoms with van der Waals surface area (Å²) < 4.78 is 25.3. The molecule has 2 fully saturated rings. The van der Waals surface area contributed by atoms with E-state index in [4.69, 9.17) is 21.1 Å². The number of piperidine rings is 1. The van der Waals surface area contributed by atoms with Crippen LogP contribution in [-0.4, -0.2) is 42.9 Å². The number of halogens is 2. The van der Waals surface area contributed by atoms with E-state index >= 15 is 0 Å². The van der Waals surface area contributed by atoms with Crippen molar-refractivity contribution >= 4 is 17.5 Å². The molecule has 22 heavy (non-hydrogen) atoms. The highest BCUT2D eigenvalue weighted by Gasteiger charge is 2.42. The molecule has 6 heteroatoms. The van der Waals surface area contributed by atoms with Crippen LogP contribution in [0.3, 0.4) is 0 Å². The number of ether oxygens (including phenoxy) is 2. The summed E-state index contributed by atoms with van der Waals surface area (Å²) in [7, 11) is 0. The Morgan fingerprint density at radius 3 is 2.82 bits per heavy atom. The summed E-state index contributed by atoms with van der Waals surface area (Å²) in [6.45, 7) is 4.13. The highest BCUT2D eigenvalue weighted by Crippen LogP contribution is 2.35. The number of amides is 1. The number of hydrogen-bond acceptors (Lipinski definition) is 3. The minimum absolute atomic E-state index is 0.0526. The maximum Gasteiger partial charge on any atom is 0.258 e. The van der Waals surface area contributed by atoms with Crippen LogP contribution in [0.25, 0.3) is 0 Å². The lowest BCUT2D eigenvalue weighted by atomic mass is 9.90. The van der Waals surface area contributed by atoms with Crippen molar-refractivity contribution < 1.29 is 18.7 Å². The Hall–Kier alpha value is -1.17. The van der Waals surface area contributed by atoms with Crippen LogP contribution in [0.1, 0.15) is 30.1 Å². The fraction of sp³-hybridized carbons (Fsp3) is 0.562. The average Bonchev–Trinajstić information content (AvgIpc) is 2.95. The third kappa shape index (κ3) is 2.85. The molecule has 0 aromatic heterocycles. The van der Waals surface area contributed by atoms with E-state index in [0.717, 1.165) is 12.8 Å². The van der Waals surface area contributed by atoms with Crippen molar-refractivity contribution in [3.8, 4) is 0 Å². The van der Waals surface area contributed by atoms with E-state index < -0.39 is 11.6 Å². The van der Waals surface area contributed by atoms with Gasteiger partial charge in [-0.3, -0.25) is 4.79 Å². The molecule has 1 amide bonds. The summed E-state index contributed by atoms with van der Waals surface area (Å²) in [4.78, 5) is 14.3. The standard InChI is InChI=1S/C16H19ClFNO3/c1-16(21-8-9-22-16)11-4-3-7-19(10-11)15(20)14-12(17)5-2-6-13(14)18/h2,5-6,11H,3-4,7-10H2,1H3/t11-/m0/s1. The molecule has 0 aliphatic carbocycles. The second-order valence-electron chi connectivity index (χ2n) is 5.90. The first-order valence-corrected chi connectivity index (χ1v) is 7.90. The highest BCUT2D eigenvalue weighted by atomic mass is 35.5. The third-order valence-corrected chi connectivity index (χ3v) is 4.80. The first-order valence-electron chi connectivity index (χ1n) is 7.52. The van der Waals surface area contributed by atoms with E-state index in [-0.39, 0.29) is 22.4 Å². The Kier molecular flexibility index (Phi) is 4.39. The lowest BCUT2D eigenvalue weighted by Gasteiger charge is -2.40. The van der Waals surface area contributed by atoms with E-state index in [0.29, 0.717) is 26.3 Å². The molecule has 0 radical (unpaired) electrons. The third-order valence-electron chi connectivity index (χ3n) is 4.49. The van der Waals surface area contributed by atoms with Gasteiger partial charge in [-0.25, -0.2) is 4.39 Å². The molecule has 0 bridgehead atoms. The first-order chi connectivity index (χ1) is 10.5. The van der Waals surface area contributed by atoms with Crippen LogP contribution in [0, 0.1) is 11.7 Å². The number of rotatable bonds is 2. The molecule has 3 rings (SSSR count). The first kappa shape index (κ1) is 15.7. The summed E-state index contributed by atoms with van der Waals surface area (Å²) in [6.07, 6.45) is 1.76. The number of nitrogens with zero attached hydrogens (tertiary/aromatic N) is 1. The quantitative estimate of drug-likeness (QED) is 0.838. The molecule has 2 aliphatic rings. The SMILES string of the molecule is CC1([C@H]2CCCN(C(=O)c3c(F)cccc3Cl)C2)OCCO1. The topological polar surface area (TPSA) is 38.8 Å². The molecular formula is C16H19ClFNO3. The number of carbonyl (C=O) groups excluding carboxylic acids is 1. The van der Waals surface area contributed by atoms with Gasteiger partial charge in [0.1, 0.15) is 5.82 Å². The summed E-state index contributed by atoms with van der Waals surface area (Å²) in [5.41, 5.74) is -0.0526. The second kappa shape index (κ2) is 6.14. The Bertz CT molecular complexity index is 554. The molecule has 2 aliphatic heterocycles. The Morgan fingerprint density at radius 2 is 2.14 bits per heavy atom. The van der Waals surface area contributed by atoms with Gasteiger partial charge in [0, 0.05) is 19.0 Å². The molecule has 0 unspecified atom stereocenters. The molecule has 1 aromatic carbocycles. The van der Waals surface area contributed by atoms with Crippen LogP contribution in [0.15, 0.2) is 18.2 Å². The van der Waals surface area contributed by atoms with Gasteiger partial charge in [0.05, 0.1) is 23.8 Å². The predicted octanol–water partition coefficient (Wildman–Crippen LogP) is 3.09. The van der Waals surface area contributed by atoms with Gasteiger partial charge in [-0.2, -0.15) is 0 Å². The van der Waals surface area contributed by atoms with Gasteiger partial charge in [0.25, 0.3) is 5.91 Å². The van der Waals surface area contributed by atoms with Gasteiger partial charge < -0.3 is 14.4 Å². The minimum Gasteiger partial charge on any atom is -0.347 e. The number of likely N-dealkylation sites (tertiary alicyclic amines) is 1. The van der Waals surface area contributed by atoms with Crippen molar-refractivity contribution in [2.75, 3.05) is 26.3 Å². The normalized spacial score (nSPS) is 24.5. The molecule has 0 spiro atoms. The van der Waals surface area contributed by atoms with Crippen molar-refractivity contribution in [3.63, 3.8) is 0 Å². The fourth-order valence-corrected chi connectivity index (χ4v) is 3.46. The highest BCUT2D eigenvalue weighted by molar-refractivity contribution is 6.33. The lowest BCUT2D eigenvalue weighted by molar-refractivity contribution is -0.189. The molecule has 2 saturated heterocycles. The van der Waals surface area contributed by atoms with E-state index in [2.05, 4.69) is 0 Å². The Balaban J connectivity index is 1.78. The number of carbonyl (C=O) groups is 1. The van der Waals surface area contributed by atoms with Crippen LogP contribution in [0.5, 0.6) is 0 Å². The van der Waals surface area contributed by atoms with Crippen LogP contribution in [0.2, 0.25) is 5.02 Å². The van der Waals surface area contributed by atoms with Gasteiger partial charge in [-0.05, 0) is 31.9 Å². The molecule has 2 heterocycles. The van der Waals surface area contributed by atoms with Gasteiger partial charge in [0.15, 0.2) is 5.79 Å².